The lowest BCUT2D eigenvalue weighted by Crippen LogP contribution is -2.49. The first-order valence-corrected chi connectivity index (χ1v) is 5.76. The first-order valence-electron chi connectivity index (χ1n) is 5.76. The second kappa shape index (κ2) is 5.44. The summed E-state index contributed by atoms with van der Waals surface area (Å²) in [6, 6.07) is 2.70. The fourth-order valence-corrected chi connectivity index (χ4v) is 1.94. The van der Waals surface area contributed by atoms with Crippen molar-refractivity contribution in [2.45, 2.75) is 32.3 Å². The molecule has 1 aromatic heterocycles. The number of hydrogen-bond donors (Lipinski definition) is 1. The zero-order valence-electron chi connectivity index (χ0n) is 11.0. The van der Waals surface area contributed by atoms with Crippen LogP contribution < -0.4 is 0 Å². The molecule has 0 saturated heterocycles. The molecule has 1 N–H and O–H groups in total. The molecule has 0 aliphatic carbocycles. The van der Waals surface area contributed by atoms with E-state index in [0.29, 0.717) is 5.69 Å². The van der Waals surface area contributed by atoms with Gasteiger partial charge in [0.05, 0.1) is 13.3 Å². The van der Waals surface area contributed by atoms with Crippen molar-refractivity contribution < 1.29 is 19.0 Å². The Labute approximate surface area is 106 Å². The third-order valence-electron chi connectivity index (χ3n) is 3.25. The van der Waals surface area contributed by atoms with E-state index >= 15 is 0 Å². The lowest BCUT2D eigenvalue weighted by atomic mass is 9.77. The number of halogens is 1. The van der Waals surface area contributed by atoms with Crippen LogP contribution in [-0.4, -0.2) is 28.8 Å². The van der Waals surface area contributed by atoms with Gasteiger partial charge in [0.2, 0.25) is 0 Å². The lowest BCUT2D eigenvalue weighted by molar-refractivity contribution is -0.170. The smallest absolute Gasteiger partial charge is 0.338 e. The van der Waals surface area contributed by atoms with Crippen molar-refractivity contribution in [1.82, 2.24) is 4.98 Å². The van der Waals surface area contributed by atoms with Crippen molar-refractivity contribution in [3.8, 4) is 0 Å². The van der Waals surface area contributed by atoms with Gasteiger partial charge < -0.3 is 9.84 Å². The highest BCUT2D eigenvalue weighted by molar-refractivity contribution is 5.80. The molecule has 0 fully saturated rings. The second-order valence-electron chi connectivity index (χ2n) is 4.59. The molecule has 0 aliphatic heterocycles. The molecular formula is C13H18FNO3. The van der Waals surface area contributed by atoms with Crippen molar-refractivity contribution in [2.75, 3.05) is 7.11 Å². The maximum absolute atomic E-state index is 12.8. The van der Waals surface area contributed by atoms with Gasteiger partial charge in [0.25, 0.3) is 0 Å². The number of nitrogens with zero attached hydrogens (tertiary/aromatic N) is 1. The van der Waals surface area contributed by atoms with Crippen LogP contribution >= 0.6 is 0 Å². The molecule has 2 unspecified atom stereocenters. The zero-order chi connectivity index (χ0) is 13.9. The van der Waals surface area contributed by atoms with E-state index in [4.69, 9.17) is 0 Å². The number of aromatic nitrogens is 1. The van der Waals surface area contributed by atoms with Gasteiger partial charge in [0, 0.05) is 11.6 Å². The number of esters is 1. The highest BCUT2D eigenvalue weighted by Crippen LogP contribution is 2.34. The van der Waals surface area contributed by atoms with Crippen molar-refractivity contribution in [3.63, 3.8) is 0 Å². The standard InChI is InChI=1S/C13H18FNO3/c1-8(2)13(17,12(16)18-4)9(3)11-6-5-10(14)7-15-11/h5-9,17H,1-4H3. The van der Waals surface area contributed by atoms with Crippen LogP contribution in [0.5, 0.6) is 0 Å². The Morgan fingerprint density at radius 2 is 2.06 bits per heavy atom. The van der Waals surface area contributed by atoms with Gasteiger partial charge in [0.15, 0.2) is 5.60 Å². The lowest BCUT2D eigenvalue weighted by Gasteiger charge is -2.34. The Bertz CT molecular complexity index is 419. The van der Waals surface area contributed by atoms with Crippen LogP contribution in [0.25, 0.3) is 0 Å². The topological polar surface area (TPSA) is 59.4 Å². The number of pyridine rings is 1. The summed E-state index contributed by atoms with van der Waals surface area (Å²) in [5.41, 5.74) is -1.24. The first kappa shape index (κ1) is 14.6. The van der Waals surface area contributed by atoms with Crippen molar-refractivity contribution in [3.05, 3.63) is 29.8 Å². The molecule has 100 valence electrons. The zero-order valence-corrected chi connectivity index (χ0v) is 11.0. The summed E-state index contributed by atoms with van der Waals surface area (Å²) in [4.78, 5) is 15.7. The summed E-state index contributed by atoms with van der Waals surface area (Å²) >= 11 is 0. The molecule has 0 spiro atoms. The van der Waals surface area contributed by atoms with Crippen LogP contribution in [0.3, 0.4) is 0 Å². The van der Waals surface area contributed by atoms with Crippen LogP contribution in [0.4, 0.5) is 4.39 Å². The maximum atomic E-state index is 12.8. The molecule has 0 amide bonds. The van der Waals surface area contributed by atoms with Crippen molar-refractivity contribution in [1.29, 1.82) is 0 Å². The quantitative estimate of drug-likeness (QED) is 0.835. The molecule has 18 heavy (non-hydrogen) atoms. The number of aliphatic hydroxyl groups is 1. The Morgan fingerprint density at radius 3 is 2.44 bits per heavy atom. The van der Waals surface area contributed by atoms with E-state index in [0.717, 1.165) is 6.20 Å². The number of rotatable bonds is 4. The Balaban J connectivity index is 3.14. The predicted molar refractivity (Wildman–Crippen MR) is 64.4 cm³/mol. The summed E-state index contributed by atoms with van der Waals surface area (Å²) in [6.07, 6.45) is 1.06. The summed E-state index contributed by atoms with van der Waals surface area (Å²) in [6.45, 7) is 5.10. The number of methoxy groups -OCH3 is 1. The molecule has 0 saturated carbocycles. The van der Waals surface area contributed by atoms with E-state index < -0.39 is 23.3 Å². The molecule has 0 bridgehead atoms. The summed E-state index contributed by atoms with van der Waals surface area (Å²) in [7, 11) is 1.22. The second-order valence-corrected chi connectivity index (χ2v) is 4.59. The number of ether oxygens (including phenoxy) is 1. The number of hydrogen-bond acceptors (Lipinski definition) is 4. The van der Waals surface area contributed by atoms with Gasteiger partial charge in [-0.1, -0.05) is 20.8 Å². The fraction of sp³-hybridized carbons (Fsp3) is 0.538. The largest absolute Gasteiger partial charge is 0.467 e. The average Bonchev–Trinajstić information content (AvgIpc) is 2.36. The minimum atomic E-state index is -1.68. The summed E-state index contributed by atoms with van der Waals surface area (Å²) in [5.74, 6) is -2.12. The number of carbonyl (C=O) groups is 1. The molecule has 2 atom stereocenters. The number of carbonyl (C=O) groups excluding carboxylic acids is 1. The van der Waals surface area contributed by atoms with E-state index in [1.165, 1.54) is 19.2 Å². The van der Waals surface area contributed by atoms with Crippen LogP contribution in [0, 0.1) is 11.7 Å². The van der Waals surface area contributed by atoms with Crippen LogP contribution in [0.15, 0.2) is 18.3 Å². The fourth-order valence-electron chi connectivity index (χ4n) is 1.94. The van der Waals surface area contributed by atoms with Gasteiger partial charge in [-0.05, 0) is 18.1 Å². The average molecular weight is 255 g/mol. The third-order valence-corrected chi connectivity index (χ3v) is 3.25. The van der Waals surface area contributed by atoms with Gasteiger partial charge in [-0.3, -0.25) is 4.98 Å². The molecule has 1 heterocycles. The van der Waals surface area contributed by atoms with Gasteiger partial charge in [-0.2, -0.15) is 0 Å². The van der Waals surface area contributed by atoms with E-state index in [9.17, 15) is 14.3 Å². The Kier molecular flexibility index (Phi) is 4.40. The predicted octanol–water partition coefficient (Wildman–Crippen LogP) is 1.88. The minimum absolute atomic E-state index is 0.355. The molecular weight excluding hydrogens is 237 g/mol. The Morgan fingerprint density at radius 1 is 1.44 bits per heavy atom. The molecule has 1 aromatic rings. The molecule has 4 nitrogen and oxygen atoms in total. The van der Waals surface area contributed by atoms with Crippen molar-refractivity contribution >= 4 is 5.97 Å². The highest BCUT2D eigenvalue weighted by Gasteiger charge is 2.46. The molecule has 5 heteroatoms. The molecule has 0 aliphatic rings. The van der Waals surface area contributed by atoms with E-state index in [-0.39, 0.29) is 5.92 Å². The van der Waals surface area contributed by atoms with E-state index in [1.54, 1.807) is 20.8 Å². The van der Waals surface area contributed by atoms with Gasteiger partial charge >= 0.3 is 5.97 Å². The molecule has 1 rings (SSSR count). The van der Waals surface area contributed by atoms with Gasteiger partial charge in [-0.25, -0.2) is 9.18 Å². The van der Waals surface area contributed by atoms with Crippen LogP contribution in [0.1, 0.15) is 32.4 Å². The summed E-state index contributed by atoms with van der Waals surface area (Å²) < 4.78 is 17.5. The first-order chi connectivity index (χ1) is 8.33. The van der Waals surface area contributed by atoms with Crippen LogP contribution in [0.2, 0.25) is 0 Å². The maximum Gasteiger partial charge on any atom is 0.338 e. The van der Waals surface area contributed by atoms with Crippen molar-refractivity contribution in [2.24, 2.45) is 5.92 Å². The Hall–Kier alpha value is -1.49. The normalized spacial score (nSPS) is 16.2. The molecule has 0 radical (unpaired) electrons. The van der Waals surface area contributed by atoms with E-state index in [1.807, 2.05) is 0 Å². The van der Waals surface area contributed by atoms with Gasteiger partial charge in [-0.15, -0.1) is 0 Å². The monoisotopic (exact) mass is 255 g/mol. The molecule has 0 aromatic carbocycles. The summed E-state index contributed by atoms with van der Waals surface area (Å²) in [5, 5.41) is 10.5. The SMILES string of the molecule is COC(=O)C(O)(C(C)C)C(C)c1ccc(F)cn1. The third kappa shape index (κ3) is 2.51. The van der Waals surface area contributed by atoms with E-state index in [2.05, 4.69) is 9.72 Å². The highest BCUT2D eigenvalue weighted by atomic mass is 19.1. The minimum Gasteiger partial charge on any atom is -0.467 e. The van der Waals surface area contributed by atoms with Crippen LogP contribution in [-0.2, 0) is 9.53 Å². The van der Waals surface area contributed by atoms with Gasteiger partial charge in [0.1, 0.15) is 5.82 Å².